The van der Waals surface area contributed by atoms with Crippen LogP contribution in [0.1, 0.15) is 52.7 Å². The van der Waals surface area contributed by atoms with E-state index in [9.17, 15) is 9.59 Å². The number of hydrogen-bond acceptors (Lipinski definition) is 6. The quantitative estimate of drug-likeness (QED) is 0.644. The number of carbonyl (C=O) groups is 2. The van der Waals surface area contributed by atoms with E-state index in [-0.39, 0.29) is 12.4 Å². The number of rotatable bonds is 6. The molecule has 0 amide bonds. The summed E-state index contributed by atoms with van der Waals surface area (Å²) in [6.45, 7) is 0. The molecule has 1 atom stereocenters. The van der Waals surface area contributed by atoms with Crippen LogP contribution >= 0.6 is 11.8 Å². The normalized spacial score (nSPS) is 19.9. The largest absolute Gasteiger partial charge is 0.496 e. The second kappa shape index (κ2) is 8.11. The monoisotopic (exact) mass is 412 g/mol. The molecule has 0 saturated heterocycles. The molecule has 2 aliphatic rings. The van der Waals surface area contributed by atoms with Gasteiger partial charge in [-0.3, -0.25) is 4.79 Å². The number of carbonyl (C=O) groups excluding carboxylic acids is 2. The summed E-state index contributed by atoms with van der Waals surface area (Å²) in [6.07, 6.45) is 4.55. The molecule has 6 heteroatoms. The second-order valence-corrected chi connectivity index (χ2v) is 8.64. The van der Waals surface area contributed by atoms with Crippen molar-refractivity contribution >= 4 is 23.7 Å². The highest BCUT2D eigenvalue weighted by atomic mass is 32.2. The van der Waals surface area contributed by atoms with Gasteiger partial charge in [0, 0.05) is 16.9 Å². The molecule has 2 aromatic rings. The van der Waals surface area contributed by atoms with Gasteiger partial charge in [-0.2, -0.15) is 0 Å². The predicted octanol–water partition coefficient (Wildman–Crippen LogP) is 4.64. The summed E-state index contributed by atoms with van der Waals surface area (Å²) >= 11 is 1.48. The molecule has 1 unspecified atom stereocenters. The molecule has 0 radical (unpaired) electrons. The van der Waals surface area contributed by atoms with Gasteiger partial charge in [0.05, 0.1) is 20.6 Å². The first-order valence-corrected chi connectivity index (χ1v) is 10.7. The van der Waals surface area contributed by atoms with Crippen LogP contribution < -0.4 is 4.74 Å². The fraction of sp³-hybridized carbons (Fsp3) is 0.391. The van der Waals surface area contributed by atoms with Crippen LogP contribution in [-0.2, 0) is 32.0 Å². The average Bonchev–Trinajstić information content (AvgIpc) is 3.04. The zero-order valence-electron chi connectivity index (χ0n) is 16.7. The van der Waals surface area contributed by atoms with Crippen molar-refractivity contribution in [2.45, 2.75) is 48.4 Å². The zero-order chi connectivity index (χ0) is 20.4. The molecule has 5 nitrogen and oxygen atoms in total. The molecule has 1 aliphatic carbocycles. The summed E-state index contributed by atoms with van der Waals surface area (Å²) in [5.41, 5.74) is 3.77. The van der Waals surface area contributed by atoms with Crippen molar-refractivity contribution in [2.75, 3.05) is 14.2 Å². The van der Waals surface area contributed by atoms with E-state index in [1.807, 2.05) is 36.4 Å². The van der Waals surface area contributed by atoms with Gasteiger partial charge in [-0.1, -0.05) is 30.0 Å². The highest BCUT2D eigenvalue weighted by molar-refractivity contribution is 8.00. The molecule has 0 fully saturated rings. The molecular formula is C23H24O5S. The molecule has 0 spiro atoms. The number of cyclic esters (lactones) is 1. The number of thioether (sulfide) groups is 1. The summed E-state index contributed by atoms with van der Waals surface area (Å²) in [4.78, 5) is 25.0. The number of esters is 2. The molecule has 0 aromatic heterocycles. The smallest absolute Gasteiger partial charge is 0.344 e. The third kappa shape index (κ3) is 3.62. The molecule has 4 rings (SSSR count). The van der Waals surface area contributed by atoms with Gasteiger partial charge in [-0.15, -0.1) is 0 Å². The molecular weight excluding hydrogens is 388 g/mol. The lowest BCUT2D eigenvalue weighted by Crippen LogP contribution is -2.26. The standard InChI is InChI=1S/C23H24O5S/c1-26-18-14-15-8-6-7-11-17(15)21-20(18)22(25)28-23(21,13-12-19(24)27-2)29-16-9-4-3-5-10-16/h3-5,9-10,14H,6-8,11-13H2,1-2H3. The van der Waals surface area contributed by atoms with Crippen molar-refractivity contribution in [3.63, 3.8) is 0 Å². The predicted molar refractivity (Wildman–Crippen MR) is 110 cm³/mol. The Morgan fingerprint density at radius 2 is 1.93 bits per heavy atom. The lowest BCUT2D eigenvalue weighted by atomic mass is 9.83. The van der Waals surface area contributed by atoms with Crippen molar-refractivity contribution in [1.82, 2.24) is 0 Å². The van der Waals surface area contributed by atoms with E-state index in [0.29, 0.717) is 17.7 Å². The van der Waals surface area contributed by atoms with Crippen molar-refractivity contribution in [3.8, 4) is 5.75 Å². The summed E-state index contributed by atoms with van der Waals surface area (Å²) < 4.78 is 16.5. The molecule has 0 saturated carbocycles. The Morgan fingerprint density at radius 3 is 2.66 bits per heavy atom. The summed E-state index contributed by atoms with van der Waals surface area (Å²) in [5, 5.41) is 0. The first-order chi connectivity index (χ1) is 14.1. The van der Waals surface area contributed by atoms with E-state index in [1.54, 1.807) is 7.11 Å². The highest BCUT2D eigenvalue weighted by Gasteiger charge is 2.50. The Balaban J connectivity index is 1.89. The van der Waals surface area contributed by atoms with Gasteiger partial charge >= 0.3 is 11.9 Å². The minimum atomic E-state index is -0.974. The van der Waals surface area contributed by atoms with E-state index in [1.165, 1.54) is 30.0 Å². The average molecular weight is 413 g/mol. The molecule has 0 N–H and O–H groups in total. The first-order valence-electron chi connectivity index (χ1n) is 9.85. The second-order valence-electron chi connectivity index (χ2n) is 7.31. The van der Waals surface area contributed by atoms with Crippen LogP contribution in [0.25, 0.3) is 0 Å². The van der Waals surface area contributed by atoms with Gasteiger partial charge in [0.25, 0.3) is 0 Å². The molecule has 1 aliphatic heterocycles. The molecule has 29 heavy (non-hydrogen) atoms. The van der Waals surface area contributed by atoms with Gasteiger partial charge in [-0.05, 0) is 55.0 Å². The Morgan fingerprint density at radius 1 is 1.17 bits per heavy atom. The van der Waals surface area contributed by atoms with Crippen LogP contribution in [0.5, 0.6) is 5.75 Å². The minimum absolute atomic E-state index is 0.162. The maximum atomic E-state index is 13.0. The van der Waals surface area contributed by atoms with Crippen LogP contribution in [-0.4, -0.2) is 26.2 Å². The molecule has 152 valence electrons. The van der Waals surface area contributed by atoms with Gasteiger partial charge in [0.1, 0.15) is 11.3 Å². The van der Waals surface area contributed by atoms with E-state index >= 15 is 0 Å². The maximum absolute atomic E-state index is 13.0. The fourth-order valence-electron chi connectivity index (χ4n) is 4.26. The number of fused-ring (bicyclic) bond motifs is 3. The minimum Gasteiger partial charge on any atom is -0.496 e. The highest BCUT2D eigenvalue weighted by Crippen LogP contribution is 2.55. The van der Waals surface area contributed by atoms with E-state index in [4.69, 9.17) is 14.2 Å². The van der Waals surface area contributed by atoms with Crippen molar-refractivity contribution < 1.29 is 23.8 Å². The fourth-order valence-corrected chi connectivity index (χ4v) is 5.58. The third-order valence-electron chi connectivity index (χ3n) is 5.59. The van der Waals surface area contributed by atoms with Gasteiger partial charge in [-0.25, -0.2) is 4.79 Å². The van der Waals surface area contributed by atoms with Crippen molar-refractivity contribution in [3.05, 3.63) is 58.7 Å². The van der Waals surface area contributed by atoms with Crippen molar-refractivity contribution in [2.24, 2.45) is 0 Å². The number of methoxy groups -OCH3 is 2. The topological polar surface area (TPSA) is 61.8 Å². The zero-order valence-corrected chi connectivity index (χ0v) is 17.5. The van der Waals surface area contributed by atoms with Crippen LogP contribution in [0.3, 0.4) is 0 Å². The number of ether oxygens (including phenoxy) is 3. The van der Waals surface area contributed by atoms with Gasteiger partial charge in [0.15, 0.2) is 4.93 Å². The number of benzene rings is 2. The van der Waals surface area contributed by atoms with Gasteiger partial charge in [0.2, 0.25) is 0 Å². The Kier molecular flexibility index (Phi) is 5.54. The summed E-state index contributed by atoms with van der Waals surface area (Å²) in [5.74, 6) is -0.155. The Bertz CT molecular complexity index is 940. The van der Waals surface area contributed by atoms with Crippen LogP contribution in [0.2, 0.25) is 0 Å². The first kappa shape index (κ1) is 19.8. The lowest BCUT2D eigenvalue weighted by molar-refractivity contribution is -0.141. The maximum Gasteiger partial charge on any atom is 0.344 e. The molecule has 0 bridgehead atoms. The van der Waals surface area contributed by atoms with Crippen LogP contribution in [0.4, 0.5) is 0 Å². The van der Waals surface area contributed by atoms with Gasteiger partial charge < -0.3 is 14.2 Å². The van der Waals surface area contributed by atoms with E-state index in [2.05, 4.69) is 0 Å². The van der Waals surface area contributed by atoms with Crippen molar-refractivity contribution in [1.29, 1.82) is 0 Å². The van der Waals surface area contributed by atoms with E-state index < -0.39 is 10.9 Å². The number of hydrogen-bond donors (Lipinski definition) is 0. The summed E-state index contributed by atoms with van der Waals surface area (Å²) in [6, 6.07) is 11.8. The molecule has 1 heterocycles. The third-order valence-corrected chi connectivity index (χ3v) is 6.92. The van der Waals surface area contributed by atoms with Crippen LogP contribution in [0.15, 0.2) is 41.3 Å². The van der Waals surface area contributed by atoms with E-state index in [0.717, 1.165) is 36.1 Å². The summed E-state index contributed by atoms with van der Waals surface area (Å²) in [7, 11) is 2.95. The van der Waals surface area contributed by atoms with Crippen LogP contribution in [0, 0.1) is 0 Å². The number of aryl methyl sites for hydroxylation is 1. The Hall–Kier alpha value is -2.47. The SMILES string of the molecule is COC(=O)CCC1(Sc2ccccc2)OC(=O)c2c(OC)cc3c(c21)CCCC3. The lowest BCUT2D eigenvalue weighted by Gasteiger charge is -2.31. The molecule has 2 aromatic carbocycles. The Labute approximate surface area is 174 Å².